The average Bonchev–Trinajstić information content (AvgIpc) is 2.68. The Kier molecular flexibility index (Phi) is 3.26. The van der Waals surface area contributed by atoms with Crippen LogP contribution in [0.15, 0.2) is 18.2 Å². The number of methoxy groups -OCH3 is 1. The average molecular weight is 253 g/mol. The molecule has 18 heavy (non-hydrogen) atoms. The maximum absolute atomic E-state index is 13.5. The number of benzene rings is 1. The van der Waals surface area contributed by atoms with E-state index in [0.717, 1.165) is 6.07 Å². The van der Waals surface area contributed by atoms with E-state index < -0.39 is 11.4 Å². The van der Waals surface area contributed by atoms with Crippen LogP contribution < -0.4 is 4.74 Å². The molecule has 1 aromatic carbocycles. The molecule has 1 fully saturated rings. The summed E-state index contributed by atoms with van der Waals surface area (Å²) < 4.78 is 18.3. The number of hydrogen-bond donors (Lipinski definition) is 1. The Morgan fingerprint density at radius 3 is 2.78 bits per heavy atom. The van der Waals surface area contributed by atoms with Gasteiger partial charge in [0, 0.05) is 18.7 Å². The molecule has 1 atom stereocenters. The van der Waals surface area contributed by atoms with Crippen molar-refractivity contribution in [3.63, 3.8) is 0 Å². The van der Waals surface area contributed by atoms with Gasteiger partial charge in [-0.25, -0.2) is 4.39 Å². The fourth-order valence-electron chi connectivity index (χ4n) is 2.10. The van der Waals surface area contributed by atoms with Crippen LogP contribution in [0.4, 0.5) is 4.39 Å². The van der Waals surface area contributed by atoms with Crippen LogP contribution in [0.25, 0.3) is 0 Å². The van der Waals surface area contributed by atoms with E-state index in [1.165, 1.54) is 24.1 Å². The summed E-state index contributed by atoms with van der Waals surface area (Å²) in [7, 11) is 1.37. The first kappa shape index (κ1) is 12.8. The number of hydrogen-bond acceptors (Lipinski definition) is 3. The molecule has 0 aromatic heterocycles. The molecule has 0 spiro atoms. The van der Waals surface area contributed by atoms with Crippen molar-refractivity contribution in [2.75, 3.05) is 20.2 Å². The molecule has 98 valence electrons. The van der Waals surface area contributed by atoms with Gasteiger partial charge in [-0.1, -0.05) is 0 Å². The predicted octanol–water partition coefficient (Wildman–Crippen LogP) is 1.43. The lowest BCUT2D eigenvalue weighted by Crippen LogP contribution is -2.33. The fourth-order valence-corrected chi connectivity index (χ4v) is 2.10. The number of carbonyl (C=O) groups excluding carboxylic acids is 1. The van der Waals surface area contributed by atoms with Crippen LogP contribution in [-0.4, -0.2) is 41.7 Å². The van der Waals surface area contributed by atoms with Gasteiger partial charge in [-0.3, -0.25) is 4.79 Å². The summed E-state index contributed by atoms with van der Waals surface area (Å²) in [5.41, 5.74) is -0.577. The van der Waals surface area contributed by atoms with E-state index >= 15 is 0 Å². The second-order valence-corrected chi connectivity index (χ2v) is 4.82. The van der Waals surface area contributed by atoms with Crippen LogP contribution in [0.3, 0.4) is 0 Å². The zero-order valence-electron chi connectivity index (χ0n) is 10.4. The SMILES string of the molecule is COc1ccc(C(=O)N2CCC(C)(O)C2)cc1F. The Morgan fingerprint density at radius 2 is 2.28 bits per heavy atom. The van der Waals surface area contributed by atoms with Gasteiger partial charge in [-0.05, 0) is 31.5 Å². The Bertz CT molecular complexity index is 473. The van der Waals surface area contributed by atoms with Gasteiger partial charge in [0.15, 0.2) is 11.6 Å². The molecule has 1 unspecified atom stereocenters. The molecule has 1 N–H and O–H groups in total. The van der Waals surface area contributed by atoms with Crippen molar-refractivity contribution in [2.45, 2.75) is 18.9 Å². The van der Waals surface area contributed by atoms with Crippen molar-refractivity contribution in [1.82, 2.24) is 4.90 Å². The van der Waals surface area contributed by atoms with Crippen LogP contribution in [0.2, 0.25) is 0 Å². The Balaban J connectivity index is 2.17. The third-order valence-electron chi connectivity index (χ3n) is 3.14. The topological polar surface area (TPSA) is 49.8 Å². The second kappa shape index (κ2) is 4.57. The van der Waals surface area contributed by atoms with Crippen LogP contribution in [0.5, 0.6) is 5.75 Å². The lowest BCUT2D eigenvalue weighted by molar-refractivity contribution is 0.0572. The van der Waals surface area contributed by atoms with Gasteiger partial charge in [0.25, 0.3) is 5.91 Å². The van der Waals surface area contributed by atoms with Crippen LogP contribution >= 0.6 is 0 Å². The van der Waals surface area contributed by atoms with E-state index in [1.807, 2.05) is 0 Å². The normalized spacial score (nSPS) is 23.2. The summed E-state index contributed by atoms with van der Waals surface area (Å²) in [6.45, 7) is 2.45. The lowest BCUT2D eigenvalue weighted by Gasteiger charge is -2.19. The third kappa shape index (κ3) is 2.46. The molecule has 0 bridgehead atoms. The minimum atomic E-state index is -0.847. The van der Waals surface area contributed by atoms with Gasteiger partial charge in [0.05, 0.1) is 12.7 Å². The molecule has 1 amide bonds. The maximum Gasteiger partial charge on any atom is 0.254 e. The standard InChI is InChI=1S/C13H16FNO3/c1-13(17)5-6-15(8-13)12(16)9-3-4-11(18-2)10(14)7-9/h3-4,7,17H,5-6,8H2,1-2H3. The van der Waals surface area contributed by atoms with Gasteiger partial charge in [0.2, 0.25) is 0 Å². The lowest BCUT2D eigenvalue weighted by atomic mass is 10.1. The summed E-state index contributed by atoms with van der Waals surface area (Å²) >= 11 is 0. The molecule has 1 saturated heterocycles. The Labute approximate surface area is 105 Å². The molecule has 1 aliphatic rings. The molecule has 1 aromatic rings. The zero-order chi connectivity index (χ0) is 13.3. The van der Waals surface area contributed by atoms with Crippen LogP contribution in [0, 0.1) is 5.82 Å². The quantitative estimate of drug-likeness (QED) is 0.867. The number of likely N-dealkylation sites (tertiary alicyclic amines) is 1. The van der Waals surface area contributed by atoms with E-state index in [2.05, 4.69) is 0 Å². The highest BCUT2D eigenvalue weighted by molar-refractivity contribution is 5.94. The van der Waals surface area contributed by atoms with E-state index in [4.69, 9.17) is 4.74 Å². The monoisotopic (exact) mass is 253 g/mol. The largest absolute Gasteiger partial charge is 0.494 e. The minimum absolute atomic E-state index is 0.111. The zero-order valence-corrected chi connectivity index (χ0v) is 10.4. The molecule has 1 heterocycles. The summed E-state index contributed by atoms with van der Waals surface area (Å²) in [5, 5.41) is 9.81. The van der Waals surface area contributed by atoms with Crippen molar-refractivity contribution in [2.24, 2.45) is 0 Å². The van der Waals surface area contributed by atoms with Crippen molar-refractivity contribution in [3.05, 3.63) is 29.6 Å². The first-order valence-electron chi connectivity index (χ1n) is 5.78. The van der Waals surface area contributed by atoms with Gasteiger partial charge in [-0.15, -0.1) is 0 Å². The highest BCUT2D eigenvalue weighted by Gasteiger charge is 2.34. The third-order valence-corrected chi connectivity index (χ3v) is 3.14. The molecule has 0 saturated carbocycles. The van der Waals surface area contributed by atoms with Crippen molar-refractivity contribution < 1.29 is 19.0 Å². The molecule has 0 aliphatic carbocycles. The summed E-state index contributed by atoms with van der Waals surface area (Å²) in [6, 6.07) is 4.11. The van der Waals surface area contributed by atoms with Crippen LogP contribution in [-0.2, 0) is 0 Å². The molecule has 5 heteroatoms. The molecule has 2 rings (SSSR count). The van der Waals surface area contributed by atoms with Gasteiger partial charge >= 0.3 is 0 Å². The van der Waals surface area contributed by atoms with Crippen molar-refractivity contribution in [1.29, 1.82) is 0 Å². The van der Waals surface area contributed by atoms with Crippen molar-refractivity contribution in [3.8, 4) is 5.75 Å². The predicted molar refractivity (Wildman–Crippen MR) is 64.1 cm³/mol. The Morgan fingerprint density at radius 1 is 1.56 bits per heavy atom. The fraction of sp³-hybridized carbons (Fsp3) is 0.462. The number of halogens is 1. The van der Waals surface area contributed by atoms with Gasteiger partial charge in [-0.2, -0.15) is 0 Å². The summed E-state index contributed by atoms with van der Waals surface area (Å²) in [6.07, 6.45) is 0.539. The number of amides is 1. The summed E-state index contributed by atoms with van der Waals surface area (Å²) in [5.74, 6) is -0.719. The highest BCUT2D eigenvalue weighted by atomic mass is 19.1. The molecular formula is C13H16FNO3. The van der Waals surface area contributed by atoms with Gasteiger partial charge < -0.3 is 14.7 Å². The van der Waals surface area contributed by atoms with Crippen molar-refractivity contribution >= 4 is 5.91 Å². The number of nitrogens with zero attached hydrogens (tertiary/aromatic N) is 1. The number of carbonyl (C=O) groups is 1. The van der Waals surface area contributed by atoms with Gasteiger partial charge in [0.1, 0.15) is 0 Å². The molecule has 0 radical (unpaired) electrons. The van der Waals surface area contributed by atoms with E-state index in [0.29, 0.717) is 13.0 Å². The summed E-state index contributed by atoms with van der Waals surface area (Å²) in [4.78, 5) is 13.6. The van der Waals surface area contributed by atoms with E-state index in [-0.39, 0.29) is 23.8 Å². The maximum atomic E-state index is 13.5. The van der Waals surface area contributed by atoms with Crippen LogP contribution in [0.1, 0.15) is 23.7 Å². The first-order valence-corrected chi connectivity index (χ1v) is 5.78. The van der Waals surface area contributed by atoms with E-state index in [1.54, 1.807) is 6.92 Å². The molecule has 1 aliphatic heterocycles. The number of ether oxygens (including phenoxy) is 1. The second-order valence-electron chi connectivity index (χ2n) is 4.82. The molecular weight excluding hydrogens is 237 g/mol. The number of aliphatic hydroxyl groups is 1. The number of β-amino-alcohol motifs (C(OH)–C–C–N with tert-alkyl or cyclic N) is 1. The minimum Gasteiger partial charge on any atom is -0.494 e. The van der Waals surface area contributed by atoms with E-state index in [9.17, 15) is 14.3 Å². The number of rotatable bonds is 2. The smallest absolute Gasteiger partial charge is 0.254 e. The first-order chi connectivity index (χ1) is 8.43. The highest BCUT2D eigenvalue weighted by Crippen LogP contribution is 2.24. The molecule has 4 nitrogen and oxygen atoms in total. The Hall–Kier alpha value is -1.62.